The Morgan fingerprint density at radius 2 is 1.84 bits per heavy atom. The van der Waals surface area contributed by atoms with Crippen molar-refractivity contribution in [2.45, 2.75) is 62.8 Å². The third-order valence-electron chi connectivity index (χ3n) is 7.86. The summed E-state index contributed by atoms with van der Waals surface area (Å²) in [5, 5.41) is 11.3. The second-order valence-electron chi connectivity index (χ2n) is 10.9. The number of fused-ring (bicyclic) bond motifs is 1. The summed E-state index contributed by atoms with van der Waals surface area (Å²) in [6.07, 6.45) is 8.92. The van der Waals surface area contributed by atoms with Crippen LogP contribution in [0.1, 0.15) is 73.0 Å². The number of hydrogen-bond donors (Lipinski definition) is 1. The van der Waals surface area contributed by atoms with Gasteiger partial charge in [0.2, 0.25) is 10.0 Å². The Hall–Kier alpha value is -2.81. The second-order valence-corrected chi connectivity index (χ2v) is 13.6. The molecule has 200 valence electrons. The first kappa shape index (κ1) is 25.5. The van der Waals surface area contributed by atoms with Crippen LogP contribution in [0.2, 0.25) is 0 Å². The highest BCUT2D eigenvalue weighted by atomic mass is 32.2. The summed E-state index contributed by atoms with van der Waals surface area (Å²) >= 11 is 1.39. The van der Waals surface area contributed by atoms with E-state index in [4.69, 9.17) is 9.97 Å². The van der Waals surface area contributed by atoms with Crippen LogP contribution in [0.15, 0.2) is 18.2 Å². The molecule has 2 aliphatic carbocycles. The van der Waals surface area contributed by atoms with Gasteiger partial charge in [0, 0.05) is 48.7 Å². The van der Waals surface area contributed by atoms with Crippen molar-refractivity contribution < 1.29 is 12.8 Å². The lowest BCUT2D eigenvalue weighted by molar-refractivity contribution is 0.437. The molecule has 1 saturated heterocycles. The van der Waals surface area contributed by atoms with Crippen LogP contribution in [0.4, 0.5) is 20.9 Å². The first-order valence-corrected chi connectivity index (χ1v) is 15.9. The van der Waals surface area contributed by atoms with E-state index in [1.54, 1.807) is 0 Å². The summed E-state index contributed by atoms with van der Waals surface area (Å²) in [6, 6.07) is 7.64. The normalized spacial score (nSPS) is 18.9. The van der Waals surface area contributed by atoms with Gasteiger partial charge >= 0.3 is 0 Å². The lowest BCUT2D eigenvalue weighted by Crippen LogP contribution is -2.59. The molecule has 38 heavy (non-hydrogen) atoms. The Kier molecular flexibility index (Phi) is 6.53. The highest BCUT2D eigenvalue weighted by Gasteiger charge is 2.32. The van der Waals surface area contributed by atoms with E-state index < -0.39 is 15.8 Å². The standard InChI is InChI=1S/C27H31FN6O2S2/c1-33(27-31-25(24(13-29)37-27)17-6-4-3-5-7-17)23-12-22(16-8-9-16)30-26-20(23)10-19(11-21(26)28)34-14-18(15-34)32-38(2,35)36/h10-12,16-18,32H,3-9,14-15H2,1-2H3. The minimum atomic E-state index is -3.30. The van der Waals surface area contributed by atoms with Crippen LogP contribution in [0.5, 0.6) is 0 Å². The topological polar surface area (TPSA) is 102 Å². The third kappa shape index (κ3) is 4.97. The maximum atomic E-state index is 15.5. The van der Waals surface area contributed by atoms with E-state index in [9.17, 15) is 13.7 Å². The number of nitriles is 1. The van der Waals surface area contributed by atoms with Crippen LogP contribution in [-0.4, -0.2) is 50.8 Å². The van der Waals surface area contributed by atoms with Crippen LogP contribution < -0.4 is 14.5 Å². The number of rotatable bonds is 7. The van der Waals surface area contributed by atoms with Gasteiger partial charge in [-0.2, -0.15) is 5.26 Å². The van der Waals surface area contributed by atoms with Crippen molar-refractivity contribution in [3.05, 3.63) is 40.3 Å². The Morgan fingerprint density at radius 1 is 1.11 bits per heavy atom. The predicted octanol–water partition coefficient (Wildman–Crippen LogP) is 5.13. The molecule has 0 bridgehead atoms. The molecule has 0 amide bonds. The van der Waals surface area contributed by atoms with Gasteiger partial charge < -0.3 is 9.80 Å². The molecule has 0 radical (unpaired) electrons. The van der Waals surface area contributed by atoms with E-state index in [1.807, 2.05) is 29.0 Å². The van der Waals surface area contributed by atoms with Crippen LogP contribution in [0.25, 0.3) is 10.9 Å². The van der Waals surface area contributed by atoms with Crippen molar-refractivity contribution in [2.75, 3.05) is 36.2 Å². The average molecular weight is 555 g/mol. The number of halogens is 1. The quantitative estimate of drug-likeness (QED) is 0.432. The minimum absolute atomic E-state index is 0.195. The molecule has 8 nitrogen and oxygen atoms in total. The first-order chi connectivity index (χ1) is 18.2. The van der Waals surface area contributed by atoms with Crippen LogP contribution in [-0.2, 0) is 10.0 Å². The van der Waals surface area contributed by atoms with E-state index in [-0.39, 0.29) is 6.04 Å². The fraction of sp³-hybridized carbons (Fsp3) is 0.519. The predicted molar refractivity (Wildman–Crippen MR) is 148 cm³/mol. The molecule has 6 rings (SSSR count). The number of sulfonamides is 1. The summed E-state index contributed by atoms with van der Waals surface area (Å²) in [5.74, 6) is 0.262. The second kappa shape index (κ2) is 9.74. The van der Waals surface area contributed by atoms with Gasteiger partial charge in [0.15, 0.2) is 10.9 Å². The van der Waals surface area contributed by atoms with Gasteiger partial charge in [0.05, 0.1) is 23.7 Å². The molecular weight excluding hydrogens is 523 g/mol. The lowest BCUT2D eigenvalue weighted by atomic mass is 9.86. The summed E-state index contributed by atoms with van der Waals surface area (Å²) in [6.45, 7) is 0.944. The first-order valence-electron chi connectivity index (χ1n) is 13.2. The van der Waals surface area contributed by atoms with Gasteiger partial charge in [-0.3, -0.25) is 0 Å². The molecule has 0 atom stereocenters. The average Bonchev–Trinajstić information content (AvgIpc) is 3.63. The number of benzene rings is 1. The number of thiazole rings is 1. The van der Waals surface area contributed by atoms with Crippen LogP contribution >= 0.6 is 11.3 Å². The van der Waals surface area contributed by atoms with Gasteiger partial charge in [-0.25, -0.2) is 27.5 Å². The number of hydrogen-bond acceptors (Lipinski definition) is 8. The van der Waals surface area contributed by atoms with Gasteiger partial charge in [-0.15, -0.1) is 0 Å². The number of pyridine rings is 1. The van der Waals surface area contributed by atoms with Gasteiger partial charge in [0.1, 0.15) is 16.5 Å². The smallest absolute Gasteiger partial charge is 0.209 e. The van der Waals surface area contributed by atoms with Crippen molar-refractivity contribution in [1.29, 1.82) is 5.26 Å². The molecular formula is C27H31FN6O2S2. The maximum absolute atomic E-state index is 15.5. The SMILES string of the molecule is CN(c1nc(C2CCCCC2)c(C#N)s1)c1cc(C2CC2)nc2c(F)cc(N3CC(NS(C)(=O)=O)C3)cc12. The van der Waals surface area contributed by atoms with E-state index in [0.717, 1.165) is 67.0 Å². The molecule has 3 fully saturated rings. The van der Waals surface area contributed by atoms with Gasteiger partial charge in [-0.1, -0.05) is 30.6 Å². The monoisotopic (exact) mass is 554 g/mol. The summed E-state index contributed by atoms with van der Waals surface area (Å²) in [4.78, 5) is 14.3. The fourth-order valence-corrected chi connectivity index (χ4v) is 7.37. The number of aromatic nitrogens is 2. The molecule has 3 aliphatic rings. The van der Waals surface area contributed by atoms with Crippen molar-refractivity contribution in [3.8, 4) is 6.07 Å². The van der Waals surface area contributed by atoms with E-state index >= 15 is 4.39 Å². The maximum Gasteiger partial charge on any atom is 0.209 e. The molecule has 0 unspecified atom stereocenters. The zero-order chi connectivity index (χ0) is 26.6. The summed E-state index contributed by atoms with van der Waals surface area (Å²) < 4.78 is 41.3. The minimum Gasteiger partial charge on any atom is -0.368 e. The highest BCUT2D eigenvalue weighted by molar-refractivity contribution is 7.88. The number of nitrogens with one attached hydrogen (secondary N) is 1. The molecule has 2 aromatic heterocycles. The Bertz CT molecular complexity index is 1530. The lowest BCUT2D eigenvalue weighted by Gasteiger charge is -2.41. The van der Waals surface area contributed by atoms with Gasteiger partial charge in [0.25, 0.3) is 0 Å². The zero-order valence-corrected chi connectivity index (χ0v) is 23.2. The van der Waals surface area contributed by atoms with Crippen molar-refractivity contribution in [3.63, 3.8) is 0 Å². The number of nitrogens with zero attached hydrogens (tertiary/aromatic N) is 5. The molecule has 3 aromatic rings. The molecule has 1 aliphatic heterocycles. The van der Waals surface area contributed by atoms with Gasteiger partial charge in [-0.05, 0) is 43.9 Å². The van der Waals surface area contributed by atoms with Crippen molar-refractivity contribution in [2.24, 2.45) is 0 Å². The summed E-state index contributed by atoms with van der Waals surface area (Å²) in [5.41, 5.74) is 3.62. The third-order valence-corrected chi connectivity index (χ3v) is 9.67. The molecule has 1 aromatic carbocycles. The zero-order valence-electron chi connectivity index (χ0n) is 21.6. The van der Waals surface area contributed by atoms with Crippen molar-refractivity contribution >= 4 is 48.8 Å². The molecule has 2 saturated carbocycles. The van der Waals surface area contributed by atoms with Crippen molar-refractivity contribution in [1.82, 2.24) is 14.7 Å². The summed E-state index contributed by atoms with van der Waals surface area (Å²) in [7, 11) is -1.37. The fourth-order valence-electron chi connectivity index (χ4n) is 5.69. The van der Waals surface area contributed by atoms with Crippen LogP contribution in [0, 0.1) is 17.1 Å². The molecule has 1 N–H and O–H groups in total. The Labute approximate surface area is 226 Å². The molecule has 3 heterocycles. The Morgan fingerprint density at radius 3 is 2.50 bits per heavy atom. The highest BCUT2D eigenvalue weighted by Crippen LogP contribution is 2.45. The molecule has 11 heteroatoms. The van der Waals surface area contributed by atoms with E-state index in [0.29, 0.717) is 46.4 Å². The van der Waals surface area contributed by atoms with E-state index in [1.165, 1.54) is 23.8 Å². The largest absolute Gasteiger partial charge is 0.368 e. The Balaban J connectivity index is 1.38. The van der Waals surface area contributed by atoms with E-state index in [2.05, 4.69) is 10.8 Å². The molecule has 0 spiro atoms. The van der Waals surface area contributed by atoms with Crippen LogP contribution in [0.3, 0.4) is 0 Å². The number of anilines is 3.